The van der Waals surface area contributed by atoms with Gasteiger partial charge in [-0.05, 0) is 31.4 Å². The van der Waals surface area contributed by atoms with Gasteiger partial charge in [-0.1, -0.05) is 12.1 Å². The Morgan fingerprint density at radius 1 is 1.22 bits per heavy atom. The fraction of sp³-hybridized carbons (Fsp3) is 0.538. The van der Waals surface area contributed by atoms with E-state index in [9.17, 15) is 10.1 Å². The van der Waals surface area contributed by atoms with Crippen LogP contribution in [0.4, 0.5) is 5.69 Å². The number of unbranched alkanes of at least 4 members (excludes halogenated alkanes) is 2. The molecule has 0 heterocycles. The van der Waals surface area contributed by atoms with Crippen molar-refractivity contribution < 1.29 is 9.66 Å². The number of hydrogen-bond donors (Lipinski definition) is 1. The van der Waals surface area contributed by atoms with Crippen LogP contribution in [0.2, 0.25) is 0 Å². The van der Waals surface area contributed by atoms with Gasteiger partial charge in [0.2, 0.25) is 0 Å². The molecule has 0 saturated carbocycles. The number of nitrogens with one attached hydrogen (secondary N) is 1. The second-order valence-corrected chi connectivity index (χ2v) is 4.15. The van der Waals surface area contributed by atoms with Crippen LogP contribution in [0.3, 0.4) is 0 Å². The van der Waals surface area contributed by atoms with Gasteiger partial charge in [-0.25, -0.2) is 0 Å². The highest BCUT2D eigenvalue weighted by molar-refractivity contribution is 5.32. The Hall–Kier alpha value is -1.46. The molecule has 0 fully saturated rings. The third-order valence-corrected chi connectivity index (χ3v) is 2.68. The first-order valence-corrected chi connectivity index (χ1v) is 6.17. The highest BCUT2D eigenvalue weighted by Crippen LogP contribution is 2.11. The summed E-state index contributed by atoms with van der Waals surface area (Å²) in [6.07, 6.45) is 3.37. The molecule has 1 aromatic carbocycles. The summed E-state index contributed by atoms with van der Waals surface area (Å²) in [5, 5.41) is 13.8. The molecule has 100 valence electrons. The molecule has 0 spiro atoms. The second kappa shape index (κ2) is 8.60. The van der Waals surface area contributed by atoms with Crippen molar-refractivity contribution in [1.29, 1.82) is 0 Å². The van der Waals surface area contributed by atoms with Gasteiger partial charge in [0.25, 0.3) is 5.69 Å². The fourth-order valence-corrected chi connectivity index (χ4v) is 1.64. The van der Waals surface area contributed by atoms with Gasteiger partial charge in [0.05, 0.1) is 4.92 Å². The van der Waals surface area contributed by atoms with E-state index >= 15 is 0 Å². The number of nitro groups is 1. The van der Waals surface area contributed by atoms with Gasteiger partial charge in [-0.2, -0.15) is 0 Å². The molecule has 0 aliphatic carbocycles. The van der Waals surface area contributed by atoms with E-state index in [0.29, 0.717) is 0 Å². The Balaban J connectivity index is 2.14. The Morgan fingerprint density at radius 3 is 2.56 bits per heavy atom. The van der Waals surface area contributed by atoms with E-state index in [-0.39, 0.29) is 10.6 Å². The number of hydrogen-bond acceptors (Lipinski definition) is 4. The first kappa shape index (κ1) is 14.6. The van der Waals surface area contributed by atoms with Gasteiger partial charge in [-0.15, -0.1) is 0 Å². The summed E-state index contributed by atoms with van der Waals surface area (Å²) in [5.74, 6) is 0. The summed E-state index contributed by atoms with van der Waals surface area (Å²) in [4.78, 5) is 10.1. The molecule has 0 unspecified atom stereocenters. The minimum absolute atomic E-state index is 0.137. The van der Waals surface area contributed by atoms with Crippen molar-refractivity contribution in [2.24, 2.45) is 0 Å². The van der Waals surface area contributed by atoms with Crippen molar-refractivity contribution in [2.75, 3.05) is 20.3 Å². The smallest absolute Gasteiger partial charge is 0.269 e. The first-order valence-electron chi connectivity index (χ1n) is 6.17. The lowest BCUT2D eigenvalue weighted by Gasteiger charge is -2.04. The van der Waals surface area contributed by atoms with Crippen LogP contribution in [0.1, 0.15) is 24.8 Å². The average Bonchev–Trinajstić information content (AvgIpc) is 2.38. The molecule has 0 saturated heterocycles. The van der Waals surface area contributed by atoms with Gasteiger partial charge in [-0.3, -0.25) is 10.1 Å². The van der Waals surface area contributed by atoms with E-state index in [1.807, 2.05) is 0 Å². The number of non-ortho nitro benzene ring substituents is 1. The van der Waals surface area contributed by atoms with Crippen molar-refractivity contribution in [3.05, 3.63) is 39.9 Å². The van der Waals surface area contributed by atoms with E-state index in [4.69, 9.17) is 4.74 Å². The highest BCUT2D eigenvalue weighted by Gasteiger charge is 2.03. The van der Waals surface area contributed by atoms with Crippen molar-refractivity contribution >= 4 is 5.69 Å². The third-order valence-electron chi connectivity index (χ3n) is 2.68. The largest absolute Gasteiger partial charge is 0.385 e. The Bertz CT molecular complexity index is 352. The molecule has 1 N–H and O–H groups in total. The van der Waals surface area contributed by atoms with Gasteiger partial charge < -0.3 is 10.1 Å². The van der Waals surface area contributed by atoms with Gasteiger partial charge >= 0.3 is 0 Å². The SMILES string of the molecule is COCCCCCNCc1ccc([N+](=O)[O-])cc1. The molecule has 0 atom stereocenters. The second-order valence-electron chi connectivity index (χ2n) is 4.15. The van der Waals surface area contributed by atoms with E-state index in [2.05, 4.69) is 5.32 Å². The summed E-state index contributed by atoms with van der Waals surface area (Å²) in [6.45, 7) is 2.53. The van der Waals surface area contributed by atoms with Gasteiger partial charge in [0.15, 0.2) is 0 Å². The molecular weight excluding hydrogens is 232 g/mol. The molecule has 0 radical (unpaired) electrons. The van der Waals surface area contributed by atoms with Crippen LogP contribution in [0.25, 0.3) is 0 Å². The molecule has 0 aliphatic rings. The van der Waals surface area contributed by atoms with Crippen LogP contribution in [0, 0.1) is 10.1 Å². The van der Waals surface area contributed by atoms with E-state index in [1.165, 1.54) is 12.1 Å². The maximum absolute atomic E-state index is 10.5. The minimum atomic E-state index is -0.382. The molecular formula is C13H20N2O3. The lowest BCUT2D eigenvalue weighted by atomic mass is 10.2. The maximum Gasteiger partial charge on any atom is 0.269 e. The minimum Gasteiger partial charge on any atom is -0.385 e. The van der Waals surface area contributed by atoms with Crippen molar-refractivity contribution in [3.63, 3.8) is 0 Å². The Kier molecular flexibility index (Phi) is 6.98. The number of benzene rings is 1. The number of ether oxygens (including phenoxy) is 1. The number of methoxy groups -OCH3 is 1. The van der Waals surface area contributed by atoms with E-state index in [1.54, 1.807) is 19.2 Å². The molecule has 0 bridgehead atoms. The number of rotatable bonds is 9. The van der Waals surface area contributed by atoms with Crippen LogP contribution < -0.4 is 5.32 Å². The van der Waals surface area contributed by atoms with Gasteiger partial charge in [0.1, 0.15) is 0 Å². The lowest BCUT2D eigenvalue weighted by molar-refractivity contribution is -0.384. The normalized spacial score (nSPS) is 10.5. The van der Waals surface area contributed by atoms with Crippen LogP contribution in [0.5, 0.6) is 0 Å². The van der Waals surface area contributed by atoms with Crippen molar-refractivity contribution in [2.45, 2.75) is 25.8 Å². The summed E-state index contributed by atoms with van der Waals surface area (Å²) in [7, 11) is 1.72. The molecule has 5 nitrogen and oxygen atoms in total. The van der Waals surface area contributed by atoms with Crippen LogP contribution in [-0.4, -0.2) is 25.2 Å². The van der Waals surface area contributed by atoms with Crippen LogP contribution >= 0.6 is 0 Å². The van der Waals surface area contributed by atoms with E-state index in [0.717, 1.165) is 44.5 Å². The quantitative estimate of drug-likeness (QED) is 0.416. The van der Waals surface area contributed by atoms with Crippen LogP contribution in [-0.2, 0) is 11.3 Å². The molecule has 0 aliphatic heterocycles. The highest BCUT2D eigenvalue weighted by atomic mass is 16.6. The molecule has 18 heavy (non-hydrogen) atoms. The zero-order valence-electron chi connectivity index (χ0n) is 10.7. The molecule has 0 aromatic heterocycles. The summed E-state index contributed by atoms with van der Waals surface area (Å²) < 4.78 is 4.97. The topological polar surface area (TPSA) is 64.4 Å². The van der Waals surface area contributed by atoms with Crippen LogP contribution in [0.15, 0.2) is 24.3 Å². The first-order chi connectivity index (χ1) is 8.74. The summed E-state index contributed by atoms with van der Waals surface area (Å²) >= 11 is 0. The lowest BCUT2D eigenvalue weighted by Crippen LogP contribution is -2.14. The fourth-order valence-electron chi connectivity index (χ4n) is 1.64. The zero-order valence-corrected chi connectivity index (χ0v) is 10.7. The predicted octanol–water partition coefficient (Wildman–Crippen LogP) is 2.50. The summed E-state index contributed by atoms with van der Waals surface area (Å²) in [5.41, 5.74) is 1.20. The number of nitrogens with zero attached hydrogens (tertiary/aromatic N) is 1. The third kappa shape index (κ3) is 5.75. The maximum atomic E-state index is 10.5. The standard InChI is InChI=1S/C13H20N2O3/c1-18-10-4-2-3-9-14-11-12-5-7-13(8-6-12)15(16)17/h5-8,14H,2-4,9-11H2,1H3. The Labute approximate surface area is 107 Å². The molecule has 1 rings (SSSR count). The molecule has 5 heteroatoms. The van der Waals surface area contributed by atoms with Crippen molar-refractivity contribution in [3.8, 4) is 0 Å². The monoisotopic (exact) mass is 252 g/mol. The zero-order chi connectivity index (χ0) is 13.2. The van der Waals surface area contributed by atoms with E-state index < -0.39 is 0 Å². The van der Waals surface area contributed by atoms with Gasteiger partial charge in [0, 0.05) is 32.4 Å². The van der Waals surface area contributed by atoms with Crippen molar-refractivity contribution in [1.82, 2.24) is 5.32 Å². The number of nitro benzene ring substituents is 1. The molecule has 0 amide bonds. The summed E-state index contributed by atoms with van der Waals surface area (Å²) in [6, 6.07) is 6.65. The Morgan fingerprint density at radius 2 is 1.94 bits per heavy atom. The molecule has 1 aromatic rings. The average molecular weight is 252 g/mol. The predicted molar refractivity (Wildman–Crippen MR) is 70.5 cm³/mol.